The van der Waals surface area contributed by atoms with Crippen LogP contribution in [0, 0.1) is 20.8 Å². The largest absolute Gasteiger partial charge is 0.455 e. The first-order valence-corrected chi connectivity index (χ1v) is 10.9. The van der Waals surface area contributed by atoms with E-state index in [1.165, 1.54) is 10.9 Å². The van der Waals surface area contributed by atoms with Crippen molar-refractivity contribution >= 4 is 27.6 Å². The molecule has 5 rings (SSSR count). The summed E-state index contributed by atoms with van der Waals surface area (Å²) in [6.07, 6.45) is 1.96. The molecule has 0 unspecified atom stereocenters. The summed E-state index contributed by atoms with van der Waals surface area (Å²) in [4.78, 5) is 16.6. The number of nitrogens with one attached hydrogen (secondary N) is 2. The number of hydrogen-bond donors (Lipinski definition) is 2. The molecule has 0 aliphatic rings. The van der Waals surface area contributed by atoms with E-state index >= 15 is 0 Å². The Hall–Kier alpha value is -3.79. The Morgan fingerprint density at radius 1 is 0.938 bits per heavy atom. The van der Waals surface area contributed by atoms with Crippen molar-refractivity contribution in [3.63, 3.8) is 0 Å². The average Bonchev–Trinajstić information content (AvgIpc) is 3.28. The third-order valence-corrected chi connectivity index (χ3v) is 6.25. The highest BCUT2D eigenvalue weighted by Gasteiger charge is 2.19. The second kappa shape index (κ2) is 7.72. The number of fused-ring (bicyclic) bond motifs is 2. The van der Waals surface area contributed by atoms with Gasteiger partial charge in [-0.1, -0.05) is 42.5 Å². The highest BCUT2D eigenvalue weighted by atomic mass is 16.3. The van der Waals surface area contributed by atoms with Gasteiger partial charge in [0.1, 0.15) is 11.3 Å². The van der Waals surface area contributed by atoms with Crippen LogP contribution in [-0.4, -0.2) is 4.98 Å². The second-order valence-electron chi connectivity index (χ2n) is 8.53. The highest BCUT2D eigenvalue weighted by molar-refractivity contribution is 5.88. The lowest BCUT2D eigenvalue weighted by Gasteiger charge is -2.20. The molecule has 0 saturated carbocycles. The van der Waals surface area contributed by atoms with Crippen LogP contribution >= 0.6 is 0 Å². The molecular formula is C28H26N2O2. The van der Waals surface area contributed by atoms with Crippen LogP contribution in [0.5, 0.6) is 0 Å². The van der Waals surface area contributed by atoms with Gasteiger partial charge < -0.3 is 14.7 Å². The fourth-order valence-electron chi connectivity index (χ4n) is 4.50. The molecule has 0 radical (unpaired) electrons. The van der Waals surface area contributed by atoms with E-state index in [9.17, 15) is 4.79 Å². The van der Waals surface area contributed by atoms with Crippen molar-refractivity contribution in [1.82, 2.24) is 4.98 Å². The van der Waals surface area contributed by atoms with E-state index in [4.69, 9.17) is 4.42 Å². The predicted molar refractivity (Wildman–Crippen MR) is 132 cm³/mol. The molecule has 3 aromatic carbocycles. The van der Waals surface area contributed by atoms with Crippen LogP contribution < -0.4 is 10.7 Å². The van der Waals surface area contributed by atoms with Gasteiger partial charge in [-0.05, 0) is 62.4 Å². The van der Waals surface area contributed by atoms with Crippen LogP contribution in [0.3, 0.4) is 0 Å². The molecule has 4 nitrogen and oxygen atoms in total. The maximum atomic E-state index is 13.3. The van der Waals surface area contributed by atoms with Crippen molar-refractivity contribution in [2.24, 2.45) is 0 Å². The normalized spacial score (nSPS) is 12.4. The Morgan fingerprint density at radius 3 is 2.50 bits per heavy atom. The third kappa shape index (κ3) is 3.28. The first-order chi connectivity index (χ1) is 15.4. The molecule has 5 aromatic rings. The van der Waals surface area contributed by atoms with Crippen molar-refractivity contribution < 1.29 is 4.42 Å². The molecule has 0 fully saturated rings. The van der Waals surface area contributed by atoms with Crippen molar-refractivity contribution in [2.45, 2.75) is 33.7 Å². The van der Waals surface area contributed by atoms with Gasteiger partial charge in [-0.25, -0.2) is 0 Å². The van der Waals surface area contributed by atoms with Crippen LogP contribution in [0.2, 0.25) is 0 Å². The van der Waals surface area contributed by atoms with Crippen LogP contribution in [0.25, 0.3) is 33.2 Å². The Kier molecular flexibility index (Phi) is 4.86. The maximum Gasteiger partial charge on any atom is 0.196 e. The maximum absolute atomic E-state index is 13.3. The SMILES string of the molecule is Cc1cc([C@@H](C)Nc2ccc3cc[nH]c3c2C)c2oc(-c3ccccc3)c(C)c(=O)c2c1. The molecule has 2 heterocycles. The smallest absolute Gasteiger partial charge is 0.196 e. The number of aromatic amines is 1. The summed E-state index contributed by atoms with van der Waals surface area (Å²) in [7, 11) is 0. The number of benzene rings is 3. The summed E-state index contributed by atoms with van der Waals surface area (Å²) in [6, 6.07) is 20.1. The zero-order valence-corrected chi connectivity index (χ0v) is 18.7. The van der Waals surface area contributed by atoms with Crippen molar-refractivity contribution in [2.75, 3.05) is 5.32 Å². The molecule has 0 aliphatic carbocycles. The molecule has 32 heavy (non-hydrogen) atoms. The van der Waals surface area contributed by atoms with Gasteiger partial charge in [0.15, 0.2) is 5.43 Å². The van der Waals surface area contributed by atoms with E-state index in [1.54, 1.807) is 0 Å². The Morgan fingerprint density at radius 2 is 1.72 bits per heavy atom. The molecule has 2 aromatic heterocycles. The molecule has 1 atom stereocenters. The predicted octanol–water partition coefficient (Wildman–Crippen LogP) is 7.04. The fourth-order valence-corrected chi connectivity index (χ4v) is 4.50. The molecule has 0 spiro atoms. The van der Waals surface area contributed by atoms with Crippen LogP contribution in [0.15, 0.2) is 76.1 Å². The number of H-pyrrole nitrogens is 1. The number of hydrogen-bond acceptors (Lipinski definition) is 3. The van der Waals surface area contributed by atoms with Crippen molar-refractivity contribution in [1.29, 1.82) is 0 Å². The second-order valence-corrected chi connectivity index (χ2v) is 8.53. The van der Waals surface area contributed by atoms with Gasteiger partial charge >= 0.3 is 0 Å². The van der Waals surface area contributed by atoms with Crippen LogP contribution in [-0.2, 0) is 0 Å². The highest BCUT2D eigenvalue weighted by Crippen LogP contribution is 2.33. The summed E-state index contributed by atoms with van der Waals surface area (Å²) in [6.45, 7) is 8.08. The standard InChI is InChI=1S/C28H26N2O2/c1-16-14-22(19(4)30-24-11-10-20-12-13-29-25(20)17(24)2)28-23(15-16)26(31)18(3)27(32-28)21-8-6-5-7-9-21/h5-15,19,29-30H,1-4H3/t19-/m1/s1. The summed E-state index contributed by atoms with van der Waals surface area (Å²) in [5.74, 6) is 0.629. The molecular weight excluding hydrogens is 396 g/mol. The number of aromatic nitrogens is 1. The van der Waals surface area contributed by atoms with Crippen LogP contribution in [0.1, 0.15) is 35.2 Å². The van der Waals surface area contributed by atoms with Gasteiger partial charge in [0.25, 0.3) is 0 Å². The van der Waals surface area contributed by atoms with E-state index in [-0.39, 0.29) is 11.5 Å². The van der Waals surface area contributed by atoms with E-state index in [0.717, 1.165) is 27.9 Å². The molecule has 0 aliphatic heterocycles. The minimum Gasteiger partial charge on any atom is -0.455 e. The van der Waals surface area contributed by atoms with E-state index in [1.807, 2.05) is 56.4 Å². The van der Waals surface area contributed by atoms with Gasteiger partial charge in [-0.2, -0.15) is 0 Å². The summed E-state index contributed by atoms with van der Waals surface area (Å²) in [5.41, 5.74) is 7.56. The van der Waals surface area contributed by atoms with Crippen molar-refractivity contribution in [3.05, 3.63) is 99.3 Å². The lowest BCUT2D eigenvalue weighted by Crippen LogP contribution is -2.13. The van der Waals surface area contributed by atoms with E-state index in [0.29, 0.717) is 22.3 Å². The topological polar surface area (TPSA) is 58.0 Å². The summed E-state index contributed by atoms with van der Waals surface area (Å²) in [5, 5.41) is 5.46. The third-order valence-electron chi connectivity index (χ3n) is 6.25. The minimum absolute atomic E-state index is 0.0197. The van der Waals surface area contributed by atoms with E-state index < -0.39 is 0 Å². The summed E-state index contributed by atoms with van der Waals surface area (Å²) < 4.78 is 6.45. The molecule has 2 N–H and O–H groups in total. The van der Waals surface area contributed by atoms with Gasteiger partial charge in [0, 0.05) is 28.6 Å². The first-order valence-electron chi connectivity index (χ1n) is 10.9. The molecule has 0 amide bonds. The zero-order chi connectivity index (χ0) is 22.4. The Bertz CT molecular complexity index is 1510. The van der Waals surface area contributed by atoms with Crippen LogP contribution in [0.4, 0.5) is 5.69 Å². The summed E-state index contributed by atoms with van der Waals surface area (Å²) >= 11 is 0. The number of rotatable bonds is 4. The monoisotopic (exact) mass is 422 g/mol. The first kappa shape index (κ1) is 20.1. The lowest BCUT2D eigenvalue weighted by molar-refractivity contribution is 0.605. The van der Waals surface area contributed by atoms with E-state index in [2.05, 4.69) is 48.4 Å². The zero-order valence-electron chi connectivity index (χ0n) is 18.7. The van der Waals surface area contributed by atoms with Gasteiger partial charge in [-0.3, -0.25) is 4.79 Å². The lowest BCUT2D eigenvalue weighted by atomic mass is 9.98. The number of anilines is 1. The molecule has 4 heteroatoms. The number of aryl methyl sites for hydroxylation is 2. The average molecular weight is 423 g/mol. The molecule has 160 valence electrons. The molecule has 0 saturated heterocycles. The quantitative estimate of drug-likeness (QED) is 0.326. The minimum atomic E-state index is -0.0574. The molecule has 0 bridgehead atoms. The Labute approximate surface area is 186 Å². The van der Waals surface area contributed by atoms with Crippen molar-refractivity contribution in [3.8, 4) is 11.3 Å². The van der Waals surface area contributed by atoms with Gasteiger partial charge in [0.05, 0.1) is 16.9 Å². The fraction of sp³-hybridized carbons (Fsp3) is 0.179. The Balaban J connectivity index is 1.66. The van der Waals surface area contributed by atoms with Gasteiger partial charge in [-0.15, -0.1) is 0 Å². The van der Waals surface area contributed by atoms with Gasteiger partial charge in [0.2, 0.25) is 0 Å².